The Morgan fingerprint density at radius 2 is 1.90 bits per heavy atom. The molecule has 3 atom stereocenters. The predicted molar refractivity (Wildman–Crippen MR) is 36.5 cm³/mol. The summed E-state index contributed by atoms with van der Waals surface area (Å²) in [6.45, 7) is 3.12. The standard InChI is InChI=1S/C6H13NO3/c1-3(4(2)8)5(7)6(9)10/h3-5,8H,7H2,1-2H3,(H,9,10)/t3-,4-,5+/m1/s1. The topological polar surface area (TPSA) is 83.6 Å². The number of carboxylic acids is 1. The van der Waals surface area contributed by atoms with E-state index in [1.807, 2.05) is 0 Å². The van der Waals surface area contributed by atoms with Gasteiger partial charge in [0.05, 0.1) is 6.10 Å². The molecular weight excluding hydrogens is 134 g/mol. The van der Waals surface area contributed by atoms with Crippen LogP contribution in [0.3, 0.4) is 0 Å². The first kappa shape index (κ1) is 9.39. The van der Waals surface area contributed by atoms with Crippen LogP contribution in [-0.4, -0.2) is 28.3 Å². The van der Waals surface area contributed by atoms with Crippen LogP contribution in [0, 0.1) is 5.92 Å². The molecule has 4 heteroatoms. The SMILES string of the molecule is C[C@@H]([C@H](N)C(=O)O)[C@@H](C)O. The number of carboxylic acid groups (broad SMARTS) is 1. The van der Waals surface area contributed by atoms with Gasteiger partial charge in [0.2, 0.25) is 0 Å². The smallest absolute Gasteiger partial charge is 0.320 e. The summed E-state index contributed by atoms with van der Waals surface area (Å²) in [6, 6.07) is -0.972. The average molecular weight is 147 g/mol. The highest BCUT2D eigenvalue weighted by Gasteiger charge is 2.23. The van der Waals surface area contributed by atoms with Crippen molar-refractivity contribution in [3.8, 4) is 0 Å². The maximum absolute atomic E-state index is 10.2. The van der Waals surface area contributed by atoms with Gasteiger partial charge in [-0.1, -0.05) is 6.92 Å². The Hall–Kier alpha value is -0.610. The molecule has 10 heavy (non-hydrogen) atoms. The van der Waals surface area contributed by atoms with Crippen molar-refractivity contribution in [1.82, 2.24) is 0 Å². The van der Waals surface area contributed by atoms with Crippen LogP contribution < -0.4 is 5.73 Å². The molecular formula is C6H13NO3. The van der Waals surface area contributed by atoms with Gasteiger partial charge in [0.15, 0.2) is 0 Å². The highest BCUT2D eigenvalue weighted by atomic mass is 16.4. The molecule has 0 unspecified atom stereocenters. The second kappa shape index (κ2) is 3.53. The van der Waals surface area contributed by atoms with E-state index in [2.05, 4.69) is 0 Å². The van der Waals surface area contributed by atoms with Crippen molar-refractivity contribution in [1.29, 1.82) is 0 Å². The maximum Gasteiger partial charge on any atom is 0.320 e. The molecule has 0 aliphatic carbocycles. The van der Waals surface area contributed by atoms with Crippen molar-refractivity contribution >= 4 is 5.97 Å². The number of nitrogens with two attached hydrogens (primary N) is 1. The van der Waals surface area contributed by atoms with Gasteiger partial charge in [-0.05, 0) is 6.92 Å². The largest absolute Gasteiger partial charge is 0.480 e. The van der Waals surface area contributed by atoms with E-state index in [0.29, 0.717) is 0 Å². The fraction of sp³-hybridized carbons (Fsp3) is 0.833. The van der Waals surface area contributed by atoms with E-state index >= 15 is 0 Å². The molecule has 0 heterocycles. The Morgan fingerprint density at radius 3 is 2.00 bits per heavy atom. The van der Waals surface area contributed by atoms with E-state index < -0.39 is 24.0 Å². The van der Waals surface area contributed by atoms with Crippen molar-refractivity contribution in [3.63, 3.8) is 0 Å². The van der Waals surface area contributed by atoms with Gasteiger partial charge >= 0.3 is 5.97 Å². The summed E-state index contributed by atoms with van der Waals surface area (Å²) in [6.07, 6.45) is -0.675. The van der Waals surface area contributed by atoms with Crippen molar-refractivity contribution in [2.45, 2.75) is 26.0 Å². The molecule has 0 bridgehead atoms. The van der Waals surface area contributed by atoms with E-state index in [9.17, 15) is 4.79 Å². The van der Waals surface area contributed by atoms with E-state index in [1.165, 1.54) is 6.92 Å². The minimum atomic E-state index is -1.08. The van der Waals surface area contributed by atoms with E-state index in [4.69, 9.17) is 15.9 Å². The third-order valence-corrected chi connectivity index (χ3v) is 1.61. The van der Waals surface area contributed by atoms with E-state index in [-0.39, 0.29) is 0 Å². The molecule has 0 aromatic heterocycles. The summed E-state index contributed by atoms with van der Waals surface area (Å²) in [5.74, 6) is -1.48. The summed E-state index contributed by atoms with van der Waals surface area (Å²) >= 11 is 0. The van der Waals surface area contributed by atoms with Gasteiger partial charge < -0.3 is 15.9 Å². The zero-order chi connectivity index (χ0) is 8.31. The zero-order valence-electron chi connectivity index (χ0n) is 6.11. The van der Waals surface area contributed by atoms with Gasteiger partial charge in [-0.3, -0.25) is 4.79 Å². The van der Waals surface area contributed by atoms with Crippen molar-refractivity contribution in [2.75, 3.05) is 0 Å². The summed E-state index contributed by atoms with van der Waals surface area (Å²) in [7, 11) is 0. The maximum atomic E-state index is 10.2. The molecule has 0 aromatic carbocycles. The Labute approximate surface area is 59.7 Å². The van der Waals surface area contributed by atoms with Crippen LogP contribution in [0.15, 0.2) is 0 Å². The summed E-state index contributed by atoms with van der Waals surface area (Å²) in [5, 5.41) is 17.3. The van der Waals surface area contributed by atoms with Crippen LogP contribution in [-0.2, 0) is 4.79 Å². The number of aliphatic hydroxyl groups excluding tert-OH is 1. The predicted octanol–water partition coefficient (Wildman–Crippen LogP) is -0.585. The number of aliphatic carboxylic acids is 1. The van der Waals surface area contributed by atoms with Crippen LogP contribution in [0.1, 0.15) is 13.8 Å². The molecule has 4 N–H and O–H groups in total. The van der Waals surface area contributed by atoms with Crippen molar-refractivity contribution in [3.05, 3.63) is 0 Å². The molecule has 0 fully saturated rings. The first-order chi connectivity index (χ1) is 4.46. The minimum absolute atomic E-state index is 0.405. The van der Waals surface area contributed by atoms with Crippen LogP contribution in [0.4, 0.5) is 0 Å². The van der Waals surface area contributed by atoms with Gasteiger partial charge in [0, 0.05) is 5.92 Å². The van der Waals surface area contributed by atoms with Gasteiger partial charge in [0.25, 0.3) is 0 Å². The monoisotopic (exact) mass is 147 g/mol. The highest BCUT2D eigenvalue weighted by Crippen LogP contribution is 2.05. The fourth-order valence-electron chi connectivity index (χ4n) is 0.525. The molecule has 4 nitrogen and oxygen atoms in total. The third kappa shape index (κ3) is 2.33. The van der Waals surface area contributed by atoms with Crippen LogP contribution in [0.5, 0.6) is 0 Å². The highest BCUT2D eigenvalue weighted by molar-refractivity contribution is 5.73. The van der Waals surface area contributed by atoms with Crippen LogP contribution in [0.2, 0.25) is 0 Å². The minimum Gasteiger partial charge on any atom is -0.480 e. The summed E-state index contributed by atoms with van der Waals surface area (Å²) in [4.78, 5) is 10.2. The quantitative estimate of drug-likeness (QED) is 0.498. The van der Waals surface area contributed by atoms with Crippen molar-refractivity contribution < 1.29 is 15.0 Å². The summed E-state index contributed by atoms with van der Waals surface area (Å²) < 4.78 is 0. The normalized spacial score (nSPS) is 19.6. The lowest BCUT2D eigenvalue weighted by Crippen LogP contribution is -2.41. The molecule has 0 radical (unpaired) electrons. The molecule has 60 valence electrons. The molecule has 0 aliphatic rings. The number of hydrogen-bond donors (Lipinski definition) is 3. The van der Waals surface area contributed by atoms with Crippen molar-refractivity contribution in [2.24, 2.45) is 11.7 Å². The lowest BCUT2D eigenvalue weighted by molar-refractivity contribution is -0.140. The number of carbonyl (C=O) groups is 1. The molecule has 0 aromatic rings. The Kier molecular flexibility index (Phi) is 3.32. The van der Waals surface area contributed by atoms with E-state index in [0.717, 1.165) is 0 Å². The number of hydrogen-bond acceptors (Lipinski definition) is 3. The first-order valence-corrected chi connectivity index (χ1v) is 3.13. The molecule has 0 saturated carbocycles. The molecule has 0 saturated heterocycles. The second-order valence-electron chi connectivity index (χ2n) is 2.46. The van der Waals surface area contributed by atoms with Gasteiger partial charge in [0.1, 0.15) is 6.04 Å². The lowest BCUT2D eigenvalue weighted by atomic mass is 9.98. The summed E-state index contributed by atoms with van der Waals surface area (Å²) in [5.41, 5.74) is 5.20. The Morgan fingerprint density at radius 1 is 1.50 bits per heavy atom. The Balaban J connectivity index is 3.94. The second-order valence-corrected chi connectivity index (χ2v) is 2.46. The first-order valence-electron chi connectivity index (χ1n) is 3.13. The Bertz CT molecular complexity index is 124. The van der Waals surface area contributed by atoms with E-state index in [1.54, 1.807) is 6.92 Å². The van der Waals surface area contributed by atoms with Gasteiger partial charge in [-0.25, -0.2) is 0 Å². The molecule has 0 spiro atoms. The molecule has 0 aliphatic heterocycles. The molecule has 0 rings (SSSR count). The van der Waals surface area contributed by atoms with Gasteiger partial charge in [-0.15, -0.1) is 0 Å². The lowest BCUT2D eigenvalue weighted by Gasteiger charge is -2.17. The van der Waals surface area contributed by atoms with Crippen LogP contribution in [0.25, 0.3) is 0 Å². The average Bonchev–Trinajstić information content (AvgIpc) is 1.84. The van der Waals surface area contributed by atoms with Gasteiger partial charge in [-0.2, -0.15) is 0 Å². The third-order valence-electron chi connectivity index (χ3n) is 1.61. The number of aliphatic hydroxyl groups is 1. The van der Waals surface area contributed by atoms with Crippen LogP contribution >= 0.6 is 0 Å². The zero-order valence-corrected chi connectivity index (χ0v) is 6.11. The molecule has 0 amide bonds. The number of rotatable bonds is 3. The fourth-order valence-corrected chi connectivity index (χ4v) is 0.525.